The van der Waals surface area contributed by atoms with E-state index in [0.717, 1.165) is 18.1 Å². The van der Waals surface area contributed by atoms with Crippen LogP contribution in [0.1, 0.15) is 27.2 Å². The fourth-order valence-electron chi connectivity index (χ4n) is 1.09. The van der Waals surface area contributed by atoms with Crippen LogP contribution in [0.4, 0.5) is 0 Å². The van der Waals surface area contributed by atoms with Crippen LogP contribution in [-0.4, -0.2) is 28.9 Å². The first-order valence-corrected chi connectivity index (χ1v) is 5.67. The van der Waals surface area contributed by atoms with Gasteiger partial charge in [0.05, 0.1) is 0 Å². The van der Waals surface area contributed by atoms with Gasteiger partial charge in [-0.05, 0) is 26.5 Å². The molecule has 3 nitrogen and oxygen atoms in total. The second kappa shape index (κ2) is 6.79. The molecule has 0 aromatic heterocycles. The molecule has 0 unspecified atom stereocenters. The number of nitrogens with zero attached hydrogens (tertiary/aromatic N) is 3. The number of amidine groups is 1. The van der Waals surface area contributed by atoms with E-state index in [1.807, 2.05) is 12.4 Å². The maximum Gasteiger partial charge on any atom is 0.208 e. The third-order valence-corrected chi connectivity index (χ3v) is 2.35. The predicted octanol–water partition coefficient (Wildman–Crippen LogP) is 2.31. The zero-order valence-corrected chi connectivity index (χ0v) is 9.56. The normalized spacial score (nSPS) is 11.5. The van der Waals surface area contributed by atoms with E-state index < -0.39 is 0 Å². The molecule has 0 atom stereocenters. The summed E-state index contributed by atoms with van der Waals surface area (Å²) in [6.07, 6.45) is 4.86. The highest BCUT2D eigenvalue weighted by atomic mass is 32.2. The Balaban J connectivity index is 4.51. The van der Waals surface area contributed by atoms with Crippen molar-refractivity contribution in [1.29, 1.82) is 5.26 Å². The SMILES string of the molecule is CCCN(C(=NC#N)SC)C(C)C. The highest BCUT2D eigenvalue weighted by Crippen LogP contribution is 2.10. The van der Waals surface area contributed by atoms with Gasteiger partial charge in [-0.2, -0.15) is 5.26 Å². The zero-order chi connectivity index (χ0) is 10.3. The lowest BCUT2D eigenvalue weighted by atomic mass is 10.3. The third-order valence-electron chi connectivity index (χ3n) is 1.66. The second-order valence-corrected chi connectivity index (χ2v) is 3.76. The minimum atomic E-state index is 0.402. The van der Waals surface area contributed by atoms with Gasteiger partial charge in [0.1, 0.15) is 0 Å². The van der Waals surface area contributed by atoms with Crippen molar-refractivity contribution in [3.63, 3.8) is 0 Å². The van der Waals surface area contributed by atoms with Crippen molar-refractivity contribution < 1.29 is 0 Å². The van der Waals surface area contributed by atoms with Gasteiger partial charge in [-0.25, -0.2) is 0 Å². The predicted molar refractivity (Wildman–Crippen MR) is 58.7 cm³/mol. The summed E-state index contributed by atoms with van der Waals surface area (Å²) in [5.74, 6) is 0. The van der Waals surface area contributed by atoms with Crippen molar-refractivity contribution in [2.75, 3.05) is 12.8 Å². The second-order valence-electron chi connectivity index (χ2n) is 2.99. The number of hydrogen-bond acceptors (Lipinski definition) is 3. The Kier molecular flexibility index (Phi) is 6.43. The number of nitriles is 1. The van der Waals surface area contributed by atoms with Crippen molar-refractivity contribution in [2.24, 2.45) is 4.99 Å². The van der Waals surface area contributed by atoms with Crippen LogP contribution in [0.2, 0.25) is 0 Å². The monoisotopic (exact) mass is 199 g/mol. The zero-order valence-electron chi connectivity index (χ0n) is 8.74. The Morgan fingerprint density at radius 2 is 2.23 bits per heavy atom. The number of rotatable bonds is 3. The fourth-order valence-corrected chi connectivity index (χ4v) is 1.75. The van der Waals surface area contributed by atoms with Crippen LogP contribution < -0.4 is 0 Å². The molecule has 0 heterocycles. The Morgan fingerprint density at radius 3 is 2.54 bits per heavy atom. The molecule has 0 radical (unpaired) electrons. The molecule has 0 aliphatic heterocycles. The number of aliphatic imine (C=N–C) groups is 1. The van der Waals surface area contributed by atoms with Gasteiger partial charge in [-0.3, -0.25) is 0 Å². The molecule has 4 heteroatoms. The molecule has 0 bridgehead atoms. The van der Waals surface area contributed by atoms with Crippen LogP contribution in [0.3, 0.4) is 0 Å². The molecule has 0 saturated heterocycles. The van der Waals surface area contributed by atoms with Crippen molar-refractivity contribution >= 4 is 16.9 Å². The molecule has 0 aromatic rings. The van der Waals surface area contributed by atoms with E-state index in [1.165, 1.54) is 11.8 Å². The molecule has 0 spiro atoms. The largest absolute Gasteiger partial charge is 0.348 e. The number of hydrogen-bond donors (Lipinski definition) is 0. The van der Waals surface area contributed by atoms with E-state index >= 15 is 0 Å². The molecule has 0 N–H and O–H groups in total. The highest BCUT2D eigenvalue weighted by Gasteiger charge is 2.12. The van der Waals surface area contributed by atoms with Crippen LogP contribution >= 0.6 is 11.8 Å². The highest BCUT2D eigenvalue weighted by molar-refractivity contribution is 8.13. The van der Waals surface area contributed by atoms with Crippen molar-refractivity contribution in [1.82, 2.24) is 4.90 Å². The molecule has 0 fully saturated rings. The molecule has 74 valence electrons. The smallest absolute Gasteiger partial charge is 0.208 e. The average molecular weight is 199 g/mol. The molecule has 0 rings (SSSR count). The topological polar surface area (TPSA) is 39.4 Å². The summed E-state index contributed by atoms with van der Waals surface area (Å²) in [5.41, 5.74) is 0. The van der Waals surface area contributed by atoms with Gasteiger partial charge in [-0.15, -0.1) is 4.99 Å². The van der Waals surface area contributed by atoms with Gasteiger partial charge < -0.3 is 4.90 Å². The van der Waals surface area contributed by atoms with Gasteiger partial charge in [0.2, 0.25) is 6.19 Å². The molecule has 0 saturated carbocycles. The summed E-state index contributed by atoms with van der Waals surface area (Å²) in [7, 11) is 0. The van der Waals surface area contributed by atoms with Gasteiger partial charge in [-0.1, -0.05) is 18.7 Å². The minimum absolute atomic E-state index is 0.402. The van der Waals surface area contributed by atoms with Crippen molar-refractivity contribution in [3.05, 3.63) is 0 Å². The first-order valence-electron chi connectivity index (χ1n) is 4.44. The Labute approximate surface area is 84.8 Å². The van der Waals surface area contributed by atoms with Crippen LogP contribution in [0.25, 0.3) is 0 Å². The molecule has 0 amide bonds. The summed E-state index contributed by atoms with van der Waals surface area (Å²) in [5, 5.41) is 9.31. The van der Waals surface area contributed by atoms with Crippen LogP contribution in [0.15, 0.2) is 4.99 Å². The summed E-state index contributed by atoms with van der Waals surface area (Å²) in [6, 6.07) is 0.402. The van der Waals surface area contributed by atoms with E-state index in [1.54, 1.807) is 0 Å². The quantitative estimate of drug-likeness (QED) is 0.398. The van der Waals surface area contributed by atoms with E-state index in [-0.39, 0.29) is 0 Å². The Hall–Kier alpha value is -0.690. The Bertz CT molecular complexity index is 205. The number of thioether (sulfide) groups is 1. The van der Waals surface area contributed by atoms with Gasteiger partial charge in [0.15, 0.2) is 5.17 Å². The summed E-state index contributed by atoms with van der Waals surface area (Å²) in [6.45, 7) is 7.30. The van der Waals surface area contributed by atoms with Gasteiger partial charge in [0, 0.05) is 12.6 Å². The van der Waals surface area contributed by atoms with Crippen molar-refractivity contribution in [2.45, 2.75) is 33.2 Å². The van der Waals surface area contributed by atoms with Crippen LogP contribution in [-0.2, 0) is 0 Å². The maximum absolute atomic E-state index is 8.49. The molecule has 0 aromatic carbocycles. The summed E-state index contributed by atoms with van der Waals surface area (Å²) >= 11 is 1.52. The fraction of sp³-hybridized carbons (Fsp3) is 0.778. The van der Waals surface area contributed by atoms with E-state index in [4.69, 9.17) is 5.26 Å². The molecule has 0 aliphatic rings. The average Bonchev–Trinajstić information content (AvgIpc) is 2.10. The van der Waals surface area contributed by atoms with Gasteiger partial charge in [0.25, 0.3) is 0 Å². The molecular weight excluding hydrogens is 182 g/mol. The maximum atomic E-state index is 8.49. The minimum Gasteiger partial charge on any atom is -0.348 e. The Morgan fingerprint density at radius 1 is 1.62 bits per heavy atom. The summed E-state index contributed by atoms with van der Waals surface area (Å²) < 4.78 is 0. The first-order chi connectivity index (χ1) is 6.17. The van der Waals surface area contributed by atoms with Crippen molar-refractivity contribution in [3.8, 4) is 6.19 Å². The molecule has 13 heavy (non-hydrogen) atoms. The lowest BCUT2D eigenvalue weighted by Crippen LogP contribution is -2.35. The van der Waals surface area contributed by atoms with Crippen LogP contribution in [0, 0.1) is 11.5 Å². The standard InChI is InChI=1S/C9H17N3S/c1-5-6-12(8(2)3)9(13-4)11-7-10/h8H,5-6H2,1-4H3. The summed E-state index contributed by atoms with van der Waals surface area (Å²) in [4.78, 5) is 5.94. The van der Waals surface area contributed by atoms with E-state index in [9.17, 15) is 0 Å². The van der Waals surface area contributed by atoms with E-state index in [0.29, 0.717) is 6.04 Å². The third kappa shape index (κ3) is 4.18. The van der Waals surface area contributed by atoms with Crippen LogP contribution in [0.5, 0.6) is 0 Å². The first kappa shape index (κ1) is 12.3. The van der Waals surface area contributed by atoms with Gasteiger partial charge >= 0.3 is 0 Å². The van der Waals surface area contributed by atoms with E-state index in [2.05, 4.69) is 30.7 Å². The molecule has 0 aliphatic carbocycles. The lowest BCUT2D eigenvalue weighted by Gasteiger charge is -2.27. The molecular formula is C9H17N3S. The lowest BCUT2D eigenvalue weighted by molar-refractivity contribution is 0.356.